The van der Waals surface area contributed by atoms with Crippen LogP contribution in [0.3, 0.4) is 0 Å². The van der Waals surface area contributed by atoms with Crippen LogP contribution in [-0.2, 0) is 16.1 Å². The Morgan fingerprint density at radius 3 is 2.71 bits per heavy atom. The second-order valence-electron chi connectivity index (χ2n) is 3.99. The van der Waals surface area contributed by atoms with Crippen molar-refractivity contribution in [3.63, 3.8) is 0 Å². The minimum absolute atomic E-state index is 0.232. The van der Waals surface area contributed by atoms with Crippen LogP contribution in [0, 0.1) is 6.92 Å². The highest BCUT2D eigenvalue weighted by atomic mass is 19.4. The largest absolute Gasteiger partial charge is 0.468 e. The fraction of sp³-hybridized carbons (Fsp3) is 0.583. The summed E-state index contributed by atoms with van der Waals surface area (Å²) in [6, 6.07) is -0.275. The second-order valence-corrected chi connectivity index (χ2v) is 3.99. The Morgan fingerprint density at radius 1 is 1.43 bits per heavy atom. The predicted molar refractivity (Wildman–Crippen MR) is 71.1 cm³/mol. The normalized spacial score (nSPS) is 12.4. The molecule has 118 valence electrons. The first-order valence-corrected chi connectivity index (χ1v) is 6.18. The summed E-state index contributed by atoms with van der Waals surface area (Å²) >= 11 is 0. The van der Waals surface area contributed by atoms with E-state index < -0.39 is 12.7 Å². The zero-order valence-corrected chi connectivity index (χ0v) is 12.0. The smallest absolute Gasteiger partial charge is 0.408 e. The van der Waals surface area contributed by atoms with Crippen molar-refractivity contribution in [2.45, 2.75) is 26.6 Å². The number of hydrogen-bond donors (Lipinski definition) is 1. The number of anilines is 1. The summed E-state index contributed by atoms with van der Waals surface area (Å²) in [6.07, 6.45) is -2.86. The number of hydrogen-bond acceptors (Lipinski definition) is 5. The molecule has 0 unspecified atom stereocenters. The average Bonchev–Trinajstić information content (AvgIpc) is 2.41. The highest BCUT2D eigenvalue weighted by molar-refractivity contribution is 5.88. The lowest BCUT2D eigenvalue weighted by molar-refractivity contribution is -0.118. The lowest BCUT2D eigenvalue weighted by Gasteiger charge is -2.12. The van der Waals surface area contributed by atoms with E-state index in [1.807, 2.05) is 6.92 Å². The van der Waals surface area contributed by atoms with Crippen molar-refractivity contribution in [1.82, 2.24) is 9.97 Å². The molecule has 1 aromatic rings. The Balaban J connectivity index is 2.90. The van der Waals surface area contributed by atoms with E-state index >= 15 is 0 Å². The van der Waals surface area contributed by atoms with Crippen molar-refractivity contribution in [3.8, 4) is 0 Å². The Labute approximate surface area is 120 Å². The summed E-state index contributed by atoms with van der Waals surface area (Å²) < 4.78 is 46.5. The summed E-state index contributed by atoms with van der Waals surface area (Å²) in [6.45, 7) is 2.87. The van der Waals surface area contributed by atoms with Crippen LogP contribution in [0.4, 0.5) is 19.0 Å². The van der Waals surface area contributed by atoms with Gasteiger partial charge in [-0.25, -0.2) is 15.0 Å². The number of nitrogens with one attached hydrogen (secondary N) is 1. The van der Waals surface area contributed by atoms with E-state index in [4.69, 9.17) is 9.47 Å². The highest BCUT2D eigenvalue weighted by Gasteiger charge is 2.27. The number of alkyl halides is 3. The molecule has 0 aliphatic carbocycles. The first-order chi connectivity index (χ1) is 9.85. The number of aromatic nitrogens is 2. The molecule has 1 aromatic heterocycles. The third-order valence-electron chi connectivity index (χ3n) is 2.27. The van der Waals surface area contributed by atoms with Crippen LogP contribution in [0.5, 0.6) is 0 Å². The van der Waals surface area contributed by atoms with Gasteiger partial charge in [0, 0.05) is 18.4 Å². The van der Waals surface area contributed by atoms with E-state index in [9.17, 15) is 13.2 Å². The molecular formula is C12H17F3N4O2. The number of amidine groups is 1. The maximum Gasteiger partial charge on any atom is 0.408 e. The Morgan fingerprint density at radius 2 is 2.14 bits per heavy atom. The van der Waals surface area contributed by atoms with Crippen molar-refractivity contribution in [2.24, 2.45) is 4.99 Å². The molecule has 0 aliphatic rings. The van der Waals surface area contributed by atoms with Gasteiger partial charge in [0.2, 0.25) is 0 Å². The number of aliphatic imine (C=N–C) groups is 1. The standard InChI is InChI=1S/C12H17F3N4O2/c1-4-21-6-9-5-16-8(2)18-10(9)19-11(20-3)17-7-12(13,14)15/h5H,4,6-7H2,1-3H3,(H,16,17,18,19). The zero-order valence-electron chi connectivity index (χ0n) is 12.0. The number of aryl methyl sites for hydroxylation is 1. The molecule has 1 rings (SSSR count). The summed E-state index contributed by atoms with van der Waals surface area (Å²) in [5.74, 6) is 0.766. The molecule has 0 spiro atoms. The van der Waals surface area contributed by atoms with Gasteiger partial charge in [0.1, 0.15) is 18.2 Å². The molecule has 0 saturated carbocycles. The van der Waals surface area contributed by atoms with Crippen LogP contribution in [-0.4, -0.2) is 42.4 Å². The van der Waals surface area contributed by atoms with Crippen LogP contribution in [0.25, 0.3) is 0 Å². The number of halogens is 3. The zero-order chi connectivity index (χ0) is 15.9. The lowest BCUT2D eigenvalue weighted by atomic mass is 10.3. The van der Waals surface area contributed by atoms with Gasteiger partial charge < -0.3 is 9.47 Å². The van der Waals surface area contributed by atoms with E-state index in [-0.39, 0.29) is 12.6 Å². The number of rotatable bonds is 5. The number of ether oxygens (including phenoxy) is 2. The summed E-state index contributed by atoms with van der Waals surface area (Å²) in [5.41, 5.74) is 0.596. The van der Waals surface area contributed by atoms with E-state index in [1.54, 1.807) is 6.92 Å². The van der Waals surface area contributed by atoms with Gasteiger partial charge in [0.05, 0.1) is 13.7 Å². The van der Waals surface area contributed by atoms with Crippen LogP contribution in [0.15, 0.2) is 11.2 Å². The molecular weight excluding hydrogens is 289 g/mol. The molecule has 0 aromatic carbocycles. The van der Waals surface area contributed by atoms with Gasteiger partial charge in [-0.3, -0.25) is 5.32 Å². The number of nitrogens with zero attached hydrogens (tertiary/aromatic N) is 3. The van der Waals surface area contributed by atoms with E-state index in [1.165, 1.54) is 13.3 Å². The fourth-order valence-electron chi connectivity index (χ4n) is 1.34. The summed E-state index contributed by atoms with van der Waals surface area (Å²) in [4.78, 5) is 11.5. The molecule has 0 bridgehead atoms. The first-order valence-electron chi connectivity index (χ1n) is 6.18. The SMILES string of the molecule is CCOCc1cnc(C)nc1NC(=NCC(F)(F)F)OC. The van der Waals surface area contributed by atoms with Gasteiger partial charge in [-0.15, -0.1) is 0 Å². The van der Waals surface area contributed by atoms with Gasteiger partial charge in [-0.2, -0.15) is 13.2 Å². The Hall–Kier alpha value is -1.90. The minimum Gasteiger partial charge on any atom is -0.468 e. The topological polar surface area (TPSA) is 68.6 Å². The maximum absolute atomic E-state index is 12.2. The fourth-order valence-corrected chi connectivity index (χ4v) is 1.34. The lowest BCUT2D eigenvalue weighted by Crippen LogP contribution is -2.21. The Kier molecular flexibility index (Phi) is 6.35. The quantitative estimate of drug-likeness (QED) is 0.668. The van der Waals surface area contributed by atoms with Crippen LogP contribution in [0.1, 0.15) is 18.3 Å². The molecule has 21 heavy (non-hydrogen) atoms. The molecule has 0 atom stereocenters. The highest BCUT2D eigenvalue weighted by Crippen LogP contribution is 2.16. The van der Waals surface area contributed by atoms with Crippen molar-refractivity contribution < 1.29 is 22.6 Å². The van der Waals surface area contributed by atoms with Gasteiger partial charge in [-0.05, 0) is 13.8 Å². The van der Waals surface area contributed by atoms with Crippen LogP contribution >= 0.6 is 0 Å². The molecule has 0 amide bonds. The molecule has 9 heteroatoms. The van der Waals surface area contributed by atoms with Gasteiger partial charge in [-0.1, -0.05) is 0 Å². The summed E-state index contributed by atoms with van der Waals surface area (Å²) in [7, 11) is 1.22. The van der Waals surface area contributed by atoms with Crippen molar-refractivity contribution in [2.75, 3.05) is 25.6 Å². The van der Waals surface area contributed by atoms with E-state index in [2.05, 4.69) is 20.3 Å². The van der Waals surface area contributed by atoms with Crippen LogP contribution in [0.2, 0.25) is 0 Å². The molecule has 0 aliphatic heterocycles. The average molecular weight is 306 g/mol. The maximum atomic E-state index is 12.2. The van der Waals surface area contributed by atoms with E-state index in [0.717, 1.165) is 0 Å². The molecule has 1 heterocycles. The van der Waals surface area contributed by atoms with Gasteiger partial charge in [0.25, 0.3) is 6.02 Å². The van der Waals surface area contributed by atoms with Crippen molar-refractivity contribution in [3.05, 3.63) is 17.6 Å². The molecule has 6 nitrogen and oxygen atoms in total. The molecule has 0 radical (unpaired) electrons. The van der Waals surface area contributed by atoms with Crippen molar-refractivity contribution in [1.29, 1.82) is 0 Å². The van der Waals surface area contributed by atoms with E-state index in [0.29, 0.717) is 23.8 Å². The third kappa shape index (κ3) is 6.39. The first kappa shape index (κ1) is 17.2. The van der Waals surface area contributed by atoms with Crippen LogP contribution < -0.4 is 5.32 Å². The second kappa shape index (κ2) is 7.77. The third-order valence-corrected chi connectivity index (χ3v) is 2.27. The summed E-state index contributed by atoms with van der Waals surface area (Å²) in [5, 5.41) is 2.62. The van der Waals surface area contributed by atoms with Gasteiger partial charge in [0.15, 0.2) is 0 Å². The van der Waals surface area contributed by atoms with Crippen molar-refractivity contribution >= 4 is 11.8 Å². The predicted octanol–water partition coefficient (Wildman–Crippen LogP) is 2.30. The molecule has 1 N–H and O–H groups in total. The number of methoxy groups -OCH3 is 1. The van der Waals surface area contributed by atoms with Gasteiger partial charge >= 0.3 is 6.18 Å². The minimum atomic E-state index is -4.40. The monoisotopic (exact) mass is 306 g/mol. The molecule has 0 saturated heterocycles. The Bertz CT molecular complexity index is 492. The molecule has 0 fully saturated rings.